The first-order valence-electron chi connectivity index (χ1n) is 8.63. The standard InChI is InChI=1S/C20H23N3O2/c1-20(2,3)25-19(24)23-8-6-15(7-9-23)17-11-16-10-14(12-21)4-5-18(16)22-13-17/h4-5,10-11,13,15H,6-9H2,1-3H3. The Labute approximate surface area is 148 Å². The lowest BCUT2D eigenvalue weighted by Gasteiger charge is -2.33. The van der Waals surface area contributed by atoms with E-state index in [1.54, 1.807) is 11.0 Å². The number of amides is 1. The number of rotatable bonds is 1. The smallest absolute Gasteiger partial charge is 0.410 e. The molecule has 1 aromatic heterocycles. The first-order chi connectivity index (χ1) is 11.9. The molecule has 1 aliphatic rings. The lowest BCUT2D eigenvalue weighted by molar-refractivity contribution is 0.0205. The van der Waals surface area contributed by atoms with Crippen LogP contribution in [0.25, 0.3) is 10.9 Å². The number of pyridine rings is 1. The number of nitrogens with zero attached hydrogens (tertiary/aromatic N) is 3. The van der Waals surface area contributed by atoms with Crippen LogP contribution in [0.15, 0.2) is 30.5 Å². The van der Waals surface area contributed by atoms with Crippen LogP contribution in [0.5, 0.6) is 0 Å². The van der Waals surface area contributed by atoms with Crippen molar-refractivity contribution in [3.8, 4) is 6.07 Å². The van der Waals surface area contributed by atoms with Crippen molar-refractivity contribution >= 4 is 17.0 Å². The van der Waals surface area contributed by atoms with Crippen molar-refractivity contribution in [2.75, 3.05) is 13.1 Å². The lowest BCUT2D eigenvalue weighted by atomic mass is 9.90. The van der Waals surface area contributed by atoms with E-state index in [1.165, 1.54) is 5.56 Å². The fraction of sp³-hybridized carbons (Fsp3) is 0.450. The van der Waals surface area contributed by atoms with E-state index >= 15 is 0 Å². The Morgan fingerprint density at radius 2 is 2.00 bits per heavy atom. The van der Waals surface area contributed by atoms with Crippen molar-refractivity contribution in [1.29, 1.82) is 5.26 Å². The summed E-state index contributed by atoms with van der Waals surface area (Å²) < 4.78 is 5.45. The second-order valence-corrected chi connectivity index (χ2v) is 7.53. The van der Waals surface area contributed by atoms with Crippen molar-refractivity contribution < 1.29 is 9.53 Å². The number of likely N-dealkylation sites (tertiary alicyclic amines) is 1. The molecule has 1 saturated heterocycles. The molecular weight excluding hydrogens is 314 g/mol. The number of carbonyl (C=O) groups excluding carboxylic acids is 1. The average Bonchev–Trinajstić information content (AvgIpc) is 2.59. The van der Waals surface area contributed by atoms with Gasteiger partial charge >= 0.3 is 6.09 Å². The van der Waals surface area contributed by atoms with Gasteiger partial charge in [0, 0.05) is 24.7 Å². The number of hydrogen-bond acceptors (Lipinski definition) is 4. The van der Waals surface area contributed by atoms with Gasteiger partial charge in [-0.25, -0.2) is 4.79 Å². The Morgan fingerprint density at radius 1 is 1.28 bits per heavy atom. The van der Waals surface area contributed by atoms with Crippen LogP contribution in [0.2, 0.25) is 0 Å². The molecule has 2 heterocycles. The topological polar surface area (TPSA) is 66.2 Å². The summed E-state index contributed by atoms with van der Waals surface area (Å²) in [5.41, 5.74) is 2.25. The predicted octanol–water partition coefficient (Wildman–Crippen LogP) is 4.22. The summed E-state index contributed by atoms with van der Waals surface area (Å²) in [5.74, 6) is 0.376. The monoisotopic (exact) mass is 337 g/mol. The normalized spacial score (nSPS) is 15.8. The van der Waals surface area contributed by atoms with Gasteiger partial charge in [0.2, 0.25) is 0 Å². The molecule has 0 bridgehead atoms. The summed E-state index contributed by atoms with van der Waals surface area (Å²) in [6.45, 7) is 7.03. The van der Waals surface area contributed by atoms with E-state index in [9.17, 15) is 4.79 Å². The Kier molecular flexibility index (Phi) is 4.63. The lowest BCUT2D eigenvalue weighted by Crippen LogP contribution is -2.41. The molecule has 130 valence electrons. The molecule has 25 heavy (non-hydrogen) atoms. The summed E-state index contributed by atoms with van der Waals surface area (Å²) in [6, 6.07) is 9.83. The number of carbonyl (C=O) groups is 1. The number of fused-ring (bicyclic) bond motifs is 1. The Bertz CT molecular complexity index is 825. The molecule has 0 aliphatic carbocycles. The fourth-order valence-corrected chi connectivity index (χ4v) is 3.16. The quantitative estimate of drug-likeness (QED) is 0.781. The maximum absolute atomic E-state index is 12.2. The Morgan fingerprint density at radius 3 is 2.64 bits per heavy atom. The van der Waals surface area contributed by atoms with Gasteiger partial charge in [0.25, 0.3) is 0 Å². The second kappa shape index (κ2) is 6.72. The van der Waals surface area contributed by atoms with E-state index < -0.39 is 5.60 Å². The zero-order valence-corrected chi connectivity index (χ0v) is 15.0. The molecule has 1 fully saturated rings. The van der Waals surface area contributed by atoms with Crippen LogP contribution < -0.4 is 0 Å². The number of benzene rings is 1. The highest BCUT2D eigenvalue weighted by atomic mass is 16.6. The van der Waals surface area contributed by atoms with Gasteiger partial charge in [0.05, 0.1) is 17.1 Å². The van der Waals surface area contributed by atoms with Crippen molar-refractivity contribution in [2.24, 2.45) is 0 Å². The van der Waals surface area contributed by atoms with Gasteiger partial charge in [-0.2, -0.15) is 5.26 Å². The zero-order valence-electron chi connectivity index (χ0n) is 15.0. The van der Waals surface area contributed by atoms with E-state index in [2.05, 4.69) is 17.1 Å². The Balaban J connectivity index is 1.69. The molecule has 5 heteroatoms. The minimum Gasteiger partial charge on any atom is -0.444 e. The summed E-state index contributed by atoms with van der Waals surface area (Å²) in [7, 11) is 0. The second-order valence-electron chi connectivity index (χ2n) is 7.53. The van der Waals surface area contributed by atoms with Crippen LogP contribution in [0.3, 0.4) is 0 Å². The molecule has 5 nitrogen and oxygen atoms in total. The molecular formula is C20H23N3O2. The molecule has 2 aromatic rings. The molecule has 0 saturated carbocycles. The third kappa shape index (κ3) is 4.08. The first kappa shape index (κ1) is 17.2. The van der Waals surface area contributed by atoms with Crippen LogP contribution in [0.4, 0.5) is 4.79 Å². The van der Waals surface area contributed by atoms with Crippen LogP contribution in [0.1, 0.15) is 50.7 Å². The predicted molar refractivity (Wildman–Crippen MR) is 96.2 cm³/mol. The molecule has 1 amide bonds. The number of nitriles is 1. The van der Waals surface area contributed by atoms with Gasteiger partial charge < -0.3 is 9.64 Å². The molecule has 0 unspecified atom stereocenters. The van der Waals surface area contributed by atoms with E-state index in [1.807, 2.05) is 39.1 Å². The SMILES string of the molecule is CC(C)(C)OC(=O)N1CCC(c2cnc3ccc(C#N)cc3c2)CC1. The number of hydrogen-bond donors (Lipinski definition) is 0. The maximum atomic E-state index is 12.2. The van der Waals surface area contributed by atoms with Crippen LogP contribution in [-0.4, -0.2) is 34.7 Å². The van der Waals surface area contributed by atoms with Gasteiger partial charge in [-0.05, 0) is 69.4 Å². The first-order valence-corrected chi connectivity index (χ1v) is 8.63. The zero-order chi connectivity index (χ0) is 18.0. The maximum Gasteiger partial charge on any atom is 0.410 e. The van der Waals surface area contributed by atoms with E-state index in [0.29, 0.717) is 24.6 Å². The highest BCUT2D eigenvalue weighted by Gasteiger charge is 2.27. The molecule has 3 rings (SSSR count). The Hall–Kier alpha value is -2.61. The van der Waals surface area contributed by atoms with Crippen LogP contribution in [-0.2, 0) is 4.74 Å². The summed E-state index contributed by atoms with van der Waals surface area (Å²) >= 11 is 0. The molecule has 1 aromatic carbocycles. The molecule has 0 N–H and O–H groups in total. The van der Waals surface area contributed by atoms with Gasteiger partial charge in [-0.1, -0.05) is 0 Å². The average molecular weight is 337 g/mol. The third-order valence-electron chi connectivity index (χ3n) is 4.45. The van der Waals surface area contributed by atoms with Crippen LogP contribution in [0, 0.1) is 11.3 Å². The van der Waals surface area contributed by atoms with Crippen molar-refractivity contribution in [1.82, 2.24) is 9.88 Å². The minimum atomic E-state index is -0.464. The van der Waals surface area contributed by atoms with Gasteiger partial charge in [-0.15, -0.1) is 0 Å². The number of piperidine rings is 1. The van der Waals surface area contributed by atoms with Crippen LogP contribution >= 0.6 is 0 Å². The van der Waals surface area contributed by atoms with E-state index in [-0.39, 0.29) is 6.09 Å². The van der Waals surface area contributed by atoms with Crippen molar-refractivity contribution in [3.05, 3.63) is 41.6 Å². The molecule has 1 aliphatic heterocycles. The number of aromatic nitrogens is 1. The van der Waals surface area contributed by atoms with Gasteiger partial charge in [0.15, 0.2) is 0 Å². The molecule has 0 radical (unpaired) electrons. The summed E-state index contributed by atoms with van der Waals surface area (Å²) in [4.78, 5) is 18.5. The fourth-order valence-electron chi connectivity index (χ4n) is 3.16. The van der Waals surface area contributed by atoms with Crippen molar-refractivity contribution in [2.45, 2.75) is 45.1 Å². The third-order valence-corrected chi connectivity index (χ3v) is 4.45. The molecule has 0 spiro atoms. The summed E-state index contributed by atoms with van der Waals surface area (Å²) in [5, 5.41) is 10.0. The van der Waals surface area contributed by atoms with Crippen molar-refractivity contribution in [3.63, 3.8) is 0 Å². The van der Waals surface area contributed by atoms with Gasteiger partial charge in [-0.3, -0.25) is 4.98 Å². The summed E-state index contributed by atoms with van der Waals surface area (Å²) in [6.07, 6.45) is 3.47. The molecule has 0 atom stereocenters. The minimum absolute atomic E-state index is 0.235. The number of ether oxygens (including phenoxy) is 1. The van der Waals surface area contributed by atoms with Gasteiger partial charge in [0.1, 0.15) is 5.60 Å². The highest BCUT2D eigenvalue weighted by molar-refractivity contribution is 5.80. The van der Waals surface area contributed by atoms with E-state index in [4.69, 9.17) is 10.00 Å². The van der Waals surface area contributed by atoms with E-state index in [0.717, 1.165) is 23.7 Å². The largest absolute Gasteiger partial charge is 0.444 e. The highest BCUT2D eigenvalue weighted by Crippen LogP contribution is 2.30.